The van der Waals surface area contributed by atoms with Gasteiger partial charge in [0.2, 0.25) is 0 Å². The first-order valence-corrected chi connectivity index (χ1v) is 8.02. The van der Waals surface area contributed by atoms with Crippen molar-refractivity contribution in [3.05, 3.63) is 63.6 Å². The number of benzene rings is 2. The van der Waals surface area contributed by atoms with E-state index in [-0.39, 0.29) is 16.2 Å². The number of nitriles is 1. The third kappa shape index (κ3) is 3.78. The van der Waals surface area contributed by atoms with Crippen LogP contribution in [0.1, 0.15) is 21.5 Å². The Bertz CT molecular complexity index is 768. The Morgan fingerprint density at radius 1 is 1.29 bits per heavy atom. The molecule has 0 aliphatic carbocycles. The van der Waals surface area contributed by atoms with Crippen LogP contribution in [0.3, 0.4) is 0 Å². The zero-order valence-electron chi connectivity index (χ0n) is 10.7. The molecule has 0 fully saturated rings. The SMILES string of the molecule is N#Cc1cccc(CS(=O)c2cc(Br)ccc2C(=O)O)c1. The molecule has 0 aliphatic heterocycles. The topological polar surface area (TPSA) is 78.2 Å². The number of carboxylic acids is 1. The Labute approximate surface area is 132 Å². The normalized spacial score (nSPS) is 11.6. The molecule has 21 heavy (non-hydrogen) atoms. The van der Waals surface area contributed by atoms with Crippen molar-refractivity contribution in [1.82, 2.24) is 0 Å². The van der Waals surface area contributed by atoms with Gasteiger partial charge in [0.25, 0.3) is 0 Å². The number of hydrogen-bond donors (Lipinski definition) is 1. The van der Waals surface area contributed by atoms with E-state index in [1.54, 1.807) is 36.4 Å². The van der Waals surface area contributed by atoms with Crippen molar-refractivity contribution in [1.29, 1.82) is 5.26 Å². The van der Waals surface area contributed by atoms with Gasteiger partial charge in [-0.05, 0) is 35.9 Å². The number of aromatic carboxylic acids is 1. The predicted molar refractivity (Wildman–Crippen MR) is 82.4 cm³/mol. The molecule has 1 atom stereocenters. The summed E-state index contributed by atoms with van der Waals surface area (Å²) < 4.78 is 13.1. The first kappa shape index (κ1) is 15.4. The van der Waals surface area contributed by atoms with Crippen LogP contribution < -0.4 is 0 Å². The van der Waals surface area contributed by atoms with Gasteiger partial charge < -0.3 is 5.11 Å². The fourth-order valence-electron chi connectivity index (χ4n) is 1.82. The zero-order valence-corrected chi connectivity index (χ0v) is 13.1. The van der Waals surface area contributed by atoms with E-state index in [2.05, 4.69) is 15.9 Å². The number of nitrogens with zero attached hydrogens (tertiary/aromatic N) is 1. The maximum atomic E-state index is 12.4. The largest absolute Gasteiger partial charge is 0.478 e. The minimum absolute atomic E-state index is 0.0213. The number of halogens is 1. The van der Waals surface area contributed by atoms with Crippen LogP contribution in [0.25, 0.3) is 0 Å². The van der Waals surface area contributed by atoms with Crippen LogP contribution in [0, 0.1) is 11.3 Å². The van der Waals surface area contributed by atoms with Gasteiger partial charge in [-0.15, -0.1) is 0 Å². The third-order valence-corrected chi connectivity index (χ3v) is 4.69. The van der Waals surface area contributed by atoms with Gasteiger partial charge >= 0.3 is 5.97 Å². The highest BCUT2D eigenvalue weighted by atomic mass is 79.9. The number of carbonyl (C=O) groups is 1. The molecule has 2 aromatic carbocycles. The van der Waals surface area contributed by atoms with Crippen molar-refractivity contribution in [2.24, 2.45) is 0 Å². The molecule has 2 aromatic rings. The molecule has 6 heteroatoms. The van der Waals surface area contributed by atoms with E-state index in [1.165, 1.54) is 6.07 Å². The second-order valence-electron chi connectivity index (χ2n) is 4.25. The predicted octanol–water partition coefficient (Wildman–Crippen LogP) is 3.33. The summed E-state index contributed by atoms with van der Waals surface area (Å²) >= 11 is 3.25. The number of hydrogen-bond acceptors (Lipinski definition) is 3. The lowest BCUT2D eigenvalue weighted by atomic mass is 10.2. The van der Waals surface area contributed by atoms with Crippen LogP contribution in [0.5, 0.6) is 0 Å². The molecular weight excluding hydrogens is 354 g/mol. The molecule has 0 aliphatic rings. The summed E-state index contributed by atoms with van der Waals surface area (Å²) in [6.45, 7) is 0. The maximum Gasteiger partial charge on any atom is 0.336 e. The van der Waals surface area contributed by atoms with E-state index in [9.17, 15) is 9.00 Å². The molecule has 1 unspecified atom stereocenters. The molecule has 0 saturated carbocycles. The highest BCUT2D eigenvalue weighted by molar-refractivity contribution is 9.10. The lowest BCUT2D eigenvalue weighted by molar-refractivity contribution is 0.0693. The zero-order chi connectivity index (χ0) is 15.4. The summed E-state index contributed by atoms with van der Waals surface area (Å²) in [6, 6.07) is 13.4. The van der Waals surface area contributed by atoms with Gasteiger partial charge in [0, 0.05) is 4.47 Å². The van der Waals surface area contributed by atoms with Crippen molar-refractivity contribution in [2.75, 3.05) is 0 Å². The minimum Gasteiger partial charge on any atom is -0.478 e. The summed E-state index contributed by atoms with van der Waals surface area (Å²) in [5.74, 6) is -0.955. The van der Waals surface area contributed by atoms with E-state index in [1.807, 2.05) is 6.07 Å². The molecule has 4 nitrogen and oxygen atoms in total. The molecular formula is C15H10BrNO3S. The smallest absolute Gasteiger partial charge is 0.336 e. The van der Waals surface area contributed by atoms with E-state index in [0.717, 1.165) is 5.56 Å². The van der Waals surface area contributed by atoms with Gasteiger partial charge in [-0.25, -0.2) is 4.79 Å². The van der Waals surface area contributed by atoms with Gasteiger partial charge in [-0.1, -0.05) is 28.1 Å². The quantitative estimate of drug-likeness (QED) is 0.903. The highest BCUT2D eigenvalue weighted by Gasteiger charge is 2.16. The van der Waals surface area contributed by atoms with Crippen molar-refractivity contribution < 1.29 is 14.1 Å². The van der Waals surface area contributed by atoms with Crippen LogP contribution in [0.15, 0.2) is 51.8 Å². The van der Waals surface area contributed by atoms with Crippen molar-refractivity contribution in [3.8, 4) is 6.07 Å². The van der Waals surface area contributed by atoms with Crippen LogP contribution in [0.2, 0.25) is 0 Å². The number of rotatable bonds is 4. The fourth-order valence-corrected chi connectivity index (χ4v) is 3.63. The first-order valence-electron chi connectivity index (χ1n) is 5.91. The molecule has 0 radical (unpaired) electrons. The third-order valence-electron chi connectivity index (χ3n) is 2.77. The molecule has 1 N–H and O–H groups in total. The average molecular weight is 364 g/mol. The monoisotopic (exact) mass is 363 g/mol. The van der Waals surface area contributed by atoms with Gasteiger partial charge in [0.05, 0.1) is 38.6 Å². The molecule has 0 bridgehead atoms. The Morgan fingerprint density at radius 3 is 2.71 bits per heavy atom. The second-order valence-corrected chi connectivity index (χ2v) is 6.58. The van der Waals surface area contributed by atoms with Crippen molar-refractivity contribution >= 4 is 32.7 Å². The van der Waals surface area contributed by atoms with E-state index in [0.29, 0.717) is 10.0 Å². The molecule has 2 rings (SSSR count). The van der Waals surface area contributed by atoms with Crippen LogP contribution in [-0.4, -0.2) is 15.3 Å². The van der Waals surface area contributed by atoms with Crippen LogP contribution in [0.4, 0.5) is 0 Å². The van der Waals surface area contributed by atoms with Crippen molar-refractivity contribution in [3.63, 3.8) is 0 Å². The molecule has 0 saturated heterocycles. The van der Waals surface area contributed by atoms with Gasteiger partial charge in [-0.3, -0.25) is 4.21 Å². The Kier molecular flexibility index (Phi) is 4.89. The van der Waals surface area contributed by atoms with E-state index >= 15 is 0 Å². The van der Waals surface area contributed by atoms with Gasteiger partial charge in [0.1, 0.15) is 0 Å². The van der Waals surface area contributed by atoms with Crippen molar-refractivity contribution in [2.45, 2.75) is 10.6 Å². The maximum absolute atomic E-state index is 12.4. The first-order chi connectivity index (χ1) is 10.0. The summed E-state index contributed by atoms with van der Waals surface area (Å²) in [5.41, 5.74) is 1.23. The standard InChI is InChI=1S/C15H10BrNO3S/c16-12-4-5-13(15(18)19)14(7-12)21(20)9-11-3-1-2-10(6-11)8-17/h1-7H,9H2,(H,18,19). The summed E-state index contributed by atoms with van der Waals surface area (Å²) in [6.07, 6.45) is 0. The lowest BCUT2D eigenvalue weighted by Gasteiger charge is -2.07. The van der Waals surface area contributed by atoms with E-state index < -0.39 is 16.8 Å². The molecule has 0 aromatic heterocycles. The second kappa shape index (κ2) is 6.66. The molecule has 0 amide bonds. The summed E-state index contributed by atoms with van der Waals surface area (Å²) in [5, 5.41) is 18.0. The molecule has 106 valence electrons. The summed E-state index contributed by atoms with van der Waals surface area (Å²) in [7, 11) is -1.51. The summed E-state index contributed by atoms with van der Waals surface area (Å²) in [4.78, 5) is 11.5. The van der Waals surface area contributed by atoms with Crippen LogP contribution >= 0.6 is 15.9 Å². The van der Waals surface area contributed by atoms with Gasteiger partial charge in [-0.2, -0.15) is 5.26 Å². The van der Waals surface area contributed by atoms with Crippen LogP contribution in [-0.2, 0) is 16.6 Å². The molecule has 0 spiro atoms. The fraction of sp³-hybridized carbons (Fsp3) is 0.0667. The average Bonchev–Trinajstić information content (AvgIpc) is 2.47. The Balaban J connectivity index is 2.34. The Hall–Kier alpha value is -1.97. The Morgan fingerprint density at radius 2 is 2.05 bits per heavy atom. The van der Waals surface area contributed by atoms with Gasteiger partial charge in [0.15, 0.2) is 0 Å². The molecule has 0 heterocycles. The minimum atomic E-state index is -1.51. The number of carboxylic acid groups (broad SMARTS) is 1. The van der Waals surface area contributed by atoms with E-state index in [4.69, 9.17) is 10.4 Å². The lowest BCUT2D eigenvalue weighted by Crippen LogP contribution is -2.06. The highest BCUT2D eigenvalue weighted by Crippen LogP contribution is 2.22.